The van der Waals surface area contributed by atoms with Gasteiger partial charge in [-0.3, -0.25) is 0 Å². The van der Waals surface area contributed by atoms with Gasteiger partial charge in [-0.05, 0) is 59.2 Å². The van der Waals surface area contributed by atoms with Gasteiger partial charge < -0.3 is 5.73 Å². The molecule has 2 N–H and O–H groups in total. The van der Waals surface area contributed by atoms with E-state index < -0.39 is 0 Å². The summed E-state index contributed by atoms with van der Waals surface area (Å²) in [6.07, 6.45) is 3.10. The van der Waals surface area contributed by atoms with Crippen molar-refractivity contribution in [1.82, 2.24) is 0 Å². The van der Waals surface area contributed by atoms with Crippen molar-refractivity contribution in [1.29, 1.82) is 0 Å². The predicted molar refractivity (Wildman–Crippen MR) is 81.2 cm³/mol. The number of rotatable bonds is 2. The fourth-order valence-corrected chi connectivity index (χ4v) is 3.05. The van der Waals surface area contributed by atoms with E-state index in [2.05, 4.69) is 49.0 Å². The molecule has 0 saturated heterocycles. The van der Waals surface area contributed by atoms with Gasteiger partial charge in [0, 0.05) is 0 Å². The van der Waals surface area contributed by atoms with Crippen LogP contribution in [0.3, 0.4) is 0 Å². The van der Waals surface area contributed by atoms with E-state index in [0.717, 1.165) is 24.8 Å². The smallest absolute Gasteiger partial charge is 0.00365 e. The molecule has 0 amide bonds. The predicted octanol–water partition coefficient (Wildman–Crippen LogP) is 3.35. The minimum Gasteiger partial charge on any atom is -0.330 e. The van der Waals surface area contributed by atoms with E-state index in [1.807, 2.05) is 0 Å². The summed E-state index contributed by atoms with van der Waals surface area (Å²) in [5, 5.41) is 0. The monoisotopic (exact) mass is 249 g/mol. The second-order valence-corrected chi connectivity index (χ2v) is 5.13. The number of hydrogen-bond acceptors (Lipinski definition) is 1. The maximum atomic E-state index is 5.74. The highest BCUT2D eigenvalue weighted by molar-refractivity contribution is 5.84. The number of fused-ring (bicyclic) bond motifs is 2. The zero-order valence-electron chi connectivity index (χ0n) is 11.2. The Kier molecular flexibility index (Phi) is 3.22. The van der Waals surface area contributed by atoms with Gasteiger partial charge in [0.05, 0.1) is 0 Å². The third-order valence-corrected chi connectivity index (χ3v) is 3.96. The quantitative estimate of drug-likeness (QED) is 0.868. The molecule has 2 aromatic rings. The van der Waals surface area contributed by atoms with E-state index in [-0.39, 0.29) is 0 Å². The summed E-state index contributed by atoms with van der Waals surface area (Å²) in [7, 11) is 0. The van der Waals surface area contributed by atoms with Crippen molar-refractivity contribution in [3.8, 4) is 0 Å². The van der Waals surface area contributed by atoms with Crippen LogP contribution in [0, 0.1) is 0 Å². The molecule has 0 aromatic heterocycles. The summed E-state index contributed by atoms with van der Waals surface area (Å²) < 4.78 is 0. The maximum Gasteiger partial charge on any atom is -0.00365 e. The van der Waals surface area contributed by atoms with Crippen molar-refractivity contribution >= 4 is 5.57 Å². The van der Waals surface area contributed by atoms with E-state index in [4.69, 9.17) is 5.73 Å². The van der Waals surface area contributed by atoms with Crippen LogP contribution >= 0.6 is 0 Å². The molecular formula is C18H19N. The van der Waals surface area contributed by atoms with Crippen molar-refractivity contribution in [3.63, 3.8) is 0 Å². The van der Waals surface area contributed by atoms with Crippen LogP contribution in [0.2, 0.25) is 0 Å². The Morgan fingerprint density at radius 2 is 1.68 bits per heavy atom. The lowest BCUT2D eigenvalue weighted by molar-refractivity contribution is 0.938. The summed E-state index contributed by atoms with van der Waals surface area (Å²) in [6.45, 7) is 5.04. The van der Waals surface area contributed by atoms with E-state index >= 15 is 0 Å². The summed E-state index contributed by atoms with van der Waals surface area (Å²) in [4.78, 5) is 0. The Morgan fingerprint density at radius 3 is 2.53 bits per heavy atom. The molecule has 1 nitrogen and oxygen atoms in total. The van der Waals surface area contributed by atoms with Gasteiger partial charge >= 0.3 is 0 Å². The molecule has 3 rings (SSSR count). The molecule has 1 heteroatoms. The fraction of sp³-hybridized carbons (Fsp3) is 0.222. The lowest BCUT2D eigenvalue weighted by Crippen LogP contribution is -2.06. The largest absolute Gasteiger partial charge is 0.330 e. The van der Waals surface area contributed by atoms with E-state index in [1.165, 1.54) is 27.8 Å². The third kappa shape index (κ3) is 2.11. The summed E-state index contributed by atoms with van der Waals surface area (Å²) in [5.41, 5.74) is 13.7. The van der Waals surface area contributed by atoms with Crippen LogP contribution in [-0.4, -0.2) is 6.54 Å². The first kappa shape index (κ1) is 12.2. The minimum absolute atomic E-state index is 0.686. The van der Waals surface area contributed by atoms with Crippen LogP contribution in [0.5, 0.6) is 0 Å². The molecule has 0 fully saturated rings. The van der Waals surface area contributed by atoms with Crippen molar-refractivity contribution in [3.05, 3.63) is 76.9 Å². The SMILES string of the molecule is C=C1c2ccccc2CCc2cccc(CCN)c21. The first-order valence-corrected chi connectivity index (χ1v) is 6.89. The van der Waals surface area contributed by atoms with Gasteiger partial charge in [-0.25, -0.2) is 0 Å². The fourth-order valence-electron chi connectivity index (χ4n) is 3.05. The van der Waals surface area contributed by atoms with Crippen LogP contribution in [0.4, 0.5) is 0 Å². The summed E-state index contributed by atoms with van der Waals surface area (Å²) in [6, 6.07) is 15.2. The van der Waals surface area contributed by atoms with Crippen molar-refractivity contribution in [2.24, 2.45) is 5.73 Å². The lowest BCUT2D eigenvalue weighted by atomic mass is 9.90. The Balaban J connectivity index is 2.18. The minimum atomic E-state index is 0.686. The highest BCUT2D eigenvalue weighted by Gasteiger charge is 2.18. The van der Waals surface area contributed by atoms with Crippen LogP contribution in [0.15, 0.2) is 49.0 Å². The molecule has 0 saturated carbocycles. The normalized spacial score (nSPS) is 13.6. The standard InChI is InChI=1S/C18H19N/c1-13-17-8-3-2-5-14(17)9-10-15-6-4-7-16(11-12-19)18(13)15/h2-8H,1,9-12,19H2. The molecule has 0 atom stereocenters. The molecule has 2 aromatic carbocycles. The molecule has 0 radical (unpaired) electrons. The average Bonchev–Trinajstić information content (AvgIpc) is 2.58. The Hall–Kier alpha value is -1.86. The zero-order valence-corrected chi connectivity index (χ0v) is 11.2. The van der Waals surface area contributed by atoms with Gasteiger partial charge in [0.25, 0.3) is 0 Å². The molecular weight excluding hydrogens is 230 g/mol. The van der Waals surface area contributed by atoms with Crippen LogP contribution in [0.1, 0.15) is 27.8 Å². The topological polar surface area (TPSA) is 26.0 Å². The first-order valence-electron chi connectivity index (χ1n) is 6.89. The van der Waals surface area contributed by atoms with E-state index in [1.54, 1.807) is 0 Å². The maximum absolute atomic E-state index is 5.74. The van der Waals surface area contributed by atoms with Crippen molar-refractivity contribution in [2.75, 3.05) is 6.54 Å². The number of nitrogens with two attached hydrogens (primary N) is 1. The second-order valence-electron chi connectivity index (χ2n) is 5.13. The first-order chi connectivity index (χ1) is 9.31. The van der Waals surface area contributed by atoms with Gasteiger partial charge in [0.15, 0.2) is 0 Å². The highest BCUT2D eigenvalue weighted by Crippen LogP contribution is 2.34. The average molecular weight is 249 g/mol. The van der Waals surface area contributed by atoms with Crippen LogP contribution < -0.4 is 5.73 Å². The number of aryl methyl sites for hydroxylation is 2. The zero-order chi connectivity index (χ0) is 13.2. The Labute approximate surface area is 114 Å². The van der Waals surface area contributed by atoms with E-state index in [0.29, 0.717) is 6.54 Å². The molecule has 0 aliphatic heterocycles. The number of benzene rings is 2. The second kappa shape index (κ2) is 5.02. The van der Waals surface area contributed by atoms with Crippen molar-refractivity contribution in [2.45, 2.75) is 19.3 Å². The van der Waals surface area contributed by atoms with E-state index in [9.17, 15) is 0 Å². The van der Waals surface area contributed by atoms with Crippen LogP contribution in [0.25, 0.3) is 5.57 Å². The summed E-state index contributed by atoms with van der Waals surface area (Å²) >= 11 is 0. The molecule has 1 aliphatic rings. The molecule has 0 unspecified atom stereocenters. The van der Waals surface area contributed by atoms with Gasteiger partial charge in [-0.1, -0.05) is 49.0 Å². The lowest BCUT2D eigenvalue weighted by Gasteiger charge is -2.14. The highest BCUT2D eigenvalue weighted by atomic mass is 14.5. The van der Waals surface area contributed by atoms with Crippen LogP contribution in [-0.2, 0) is 19.3 Å². The number of hydrogen-bond donors (Lipinski definition) is 1. The van der Waals surface area contributed by atoms with Gasteiger partial charge in [-0.15, -0.1) is 0 Å². The molecule has 96 valence electrons. The molecule has 0 heterocycles. The molecule has 19 heavy (non-hydrogen) atoms. The Morgan fingerprint density at radius 1 is 0.947 bits per heavy atom. The Bertz CT molecular complexity index is 625. The van der Waals surface area contributed by atoms with Gasteiger partial charge in [-0.2, -0.15) is 0 Å². The molecule has 0 spiro atoms. The third-order valence-electron chi connectivity index (χ3n) is 3.96. The van der Waals surface area contributed by atoms with Gasteiger partial charge in [0.2, 0.25) is 0 Å². The van der Waals surface area contributed by atoms with Gasteiger partial charge in [0.1, 0.15) is 0 Å². The summed E-state index contributed by atoms with van der Waals surface area (Å²) in [5.74, 6) is 0. The molecule has 0 bridgehead atoms. The van der Waals surface area contributed by atoms with Crippen molar-refractivity contribution < 1.29 is 0 Å². The molecule has 1 aliphatic carbocycles.